The number of anilines is 1. The van der Waals surface area contributed by atoms with E-state index < -0.39 is 48.8 Å². The molecule has 0 N–H and O–H groups in total. The number of allylic oxidation sites excluding steroid dienone is 4. The van der Waals surface area contributed by atoms with Crippen LogP contribution in [0.5, 0.6) is 0 Å². The van der Waals surface area contributed by atoms with E-state index in [1.165, 1.54) is 24.3 Å². The quantitative estimate of drug-likeness (QED) is 0.132. The van der Waals surface area contributed by atoms with Crippen molar-refractivity contribution in [2.24, 2.45) is 0 Å². The van der Waals surface area contributed by atoms with E-state index in [4.69, 9.17) is 4.84 Å². The van der Waals surface area contributed by atoms with Gasteiger partial charge in [0.05, 0.1) is 15.2 Å². The highest BCUT2D eigenvalue weighted by atomic mass is 32.2. The van der Waals surface area contributed by atoms with Crippen molar-refractivity contribution in [3.63, 3.8) is 0 Å². The summed E-state index contributed by atoms with van der Waals surface area (Å²) in [6, 6.07) is 8.74. The summed E-state index contributed by atoms with van der Waals surface area (Å²) in [6.45, 7) is 10.9. The van der Waals surface area contributed by atoms with Crippen LogP contribution in [0.25, 0.3) is 0 Å². The molecule has 268 valence electrons. The molecule has 0 unspecified atom stereocenters. The van der Waals surface area contributed by atoms with Gasteiger partial charge in [0.2, 0.25) is 5.69 Å². The molecule has 5 rings (SSSR count). The first kappa shape index (κ1) is 37.1. The molecule has 50 heavy (non-hydrogen) atoms. The summed E-state index contributed by atoms with van der Waals surface area (Å²) < 4.78 is 73.2. The van der Waals surface area contributed by atoms with E-state index in [1.54, 1.807) is 12.1 Å². The second-order valence-electron chi connectivity index (χ2n) is 13.6. The van der Waals surface area contributed by atoms with Gasteiger partial charge < -0.3 is 18.8 Å². The summed E-state index contributed by atoms with van der Waals surface area (Å²) in [7, 11) is -9.35. The van der Waals surface area contributed by atoms with Crippen molar-refractivity contribution in [1.29, 1.82) is 0 Å². The number of amides is 2. The van der Waals surface area contributed by atoms with Crippen LogP contribution in [-0.4, -0.2) is 72.2 Å². The molecule has 3 aliphatic rings. The van der Waals surface area contributed by atoms with Crippen LogP contribution in [0.4, 0.5) is 11.4 Å². The highest BCUT2D eigenvalue weighted by Gasteiger charge is 2.45. The first-order valence-electron chi connectivity index (χ1n) is 16.4. The Morgan fingerprint density at radius 1 is 0.880 bits per heavy atom. The molecule has 1 fully saturated rings. The summed E-state index contributed by atoms with van der Waals surface area (Å²) in [5.74, 6) is -1.74. The summed E-state index contributed by atoms with van der Waals surface area (Å²) >= 11 is 0. The van der Waals surface area contributed by atoms with Crippen LogP contribution in [0.15, 0.2) is 70.1 Å². The van der Waals surface area contributed by atoms with Gasteiger partial charge in [-0.25, -0.2) is 21.6 Å². The van der Waals surface area contributed by atoms with E-state index in [9.17, 15) is 40.3 Å². The first-order chi connectivity index (χ1) is 23.3. The third kappa shape index (κ3) is 7.04. The van der Waals surface area contributed by atoms with Crippen molar-refractivity contribution < 1.29 is 49.7 Å². The lowest BCUT2D eigenvalue weighted by Crippen LogP contribution is -2.31. The average molecular weight is 727 g/mol. The molecule has 0 radical (unpaired) electrons. The monoisotopic (exact) mass is 726 g/mol. The number of carbonyl (C=O) groups is 3. The Morgan fingerprint density at radius 3 is 2.08 bits per heavy atom. The fourth-order valence-electron chi connectivity index (χ4n) is 6.95. The molecule has 0 spiro atoms. The number of likely N-dealkylation sites (N-methyl/N-ethyl adjacent to an activating group) is 1. The van der Waals surface area contributed by atoms with Crippen molar-refractivity contribution in [3.05, 3.63) is 71.5 Å². The third-order valence-electron chi connectivity index (χ3n) is 9.59. The second-order valence-corrected chi connectivity index (χ2v) is 16.3. The van der Waals surface area contributed by atoms with Crippen molar-refractivity contribution in [2.45, 2.75) is 93.8 Å². The van der Waals surface area contributed by atoms with Crippen LogP contribution >= 0.6 is 0 Å². The zero-order valence-corrected chi connectivity index (χ0v) is 30.2. The lowest BCUT2D eigenvalue weighted by molar-refractivity contribution is -0.438. The highest BCUT2D eigenvalue weighted by Crippen LogP contribution is 2.48. The summed E-state index contributed by atoms with van der Waals surface area (Å²) in [4.78, 5) is 42.1. The second kappa shape index (κ2) is 13.5. The Hall–Kier alpha value is -4.18. The third-order valence-corrected chi connectivity index (χ3v) is 11.3. The van der Waals surface area contributed by atoms with Crippen molar-refractivity contribution in [2.75, 3.05) is 18.0 Å². The Balaban J connectivity index is 1.41. The van der Waals surface area contributed by atoms with E-state index in [-0.39, 0.29) is 29.1 Å². The molecule has 0 aliphatic carbocycles. The van der Waals surface area contributed by atoms with Crippen LogP contribution in [0.3, 0.4) is 0 Å². The Bertz CT molecular complexity index is 2060. The molecule has 1 saturated heterocycles. The largest absolute Gasteiger partial charge is 0.744 e. The number of hydrogen-bond donors (Lipinski definition) is 0. The van der Waals surface area contributed by atoms with Gasteiger partial charge in [-0.3, -0.25) is 9.59 Å². The molecular formula is C35H40N3O10S2-. The number of benzene rings is 2. The molecule has 0 atom stereocenters. The topological polar surface area (TPSA) is 184 Å². The Kier molecular flexibility index (Phi) is 10.0. The van der Waals surface area contributed by atoms with Crippen LogP contribution in [0.2, 0.25) is 0 Å². The number of carbonyl (C=O) groups excluding carboxylic acids is 3. The molecule has 2 aromatic rings. The van der Waals surface area contributed by atoms with E-state index in [0.29, 0.717) is 48.5 Å². The van der Waals surface area contributed by atoms with Crippen LogP contribution < -0.4 is 4.90 Å². The fourth-order valence-corrected chi connectivity index (χ4v) is 7.95. The van der Waals surface area contributed by atoms with Crippen molar-refractivity contribution in [1.82, 2.24) is 5.06 Å². The minimum absolute atomic E-state index is 0.0161. The molecule has 3 heterocycles. The van der Waals surface area contributed by atoms with Gasteiger partial charge in [-0.05, 0) is 75.6 Å². The molecule has 3 aliphatic heterocycles. The minimum atomic E-state index is -4.70. The predicted octanol–water partition coefficient (Wildman–Crippen LogP) is 4.30. The van der Waals surface area contributed by atoms with E-state index in [0.717, 1.165) is 22.8 Å². The van der Waals surface area contributed by atoms with Gasteiger partial charge in [0.15, 0.2) is 5.71 Å². The van der Waals surface area contributed by atoms with Gasteiger partial charge in [-0.1, -0.05) is 19.9 Å². The van der Waals surface area contributed by atoms with Gasteiger partial charge in [-0.2, -0.15) is 4.58 Å². The van der Waals surface area contributed by atoms with E-state index >= 15 is 0 Å². The molecule has 0 aromatic heterocycles. The number of fused-ring (bicyclic) bond motifs is 2. The van der Waals surface area contributed by atoms with Gasteiger partial charge in [0, 0.05) is 66.7 Å². The number of hydroxylamine groups is 2. The predicted molar refractivity (Wildman–Crippen MR) is 181 cm³/mol. The SMILES string of the molecule is CCN1/C(=C\C=C\C2=[N+](CCCCCC(=O)ON3C(=O)CCC3=O)c3ccc(S(=O)(=O)[O-])cc3C2(C)C)C(C)(C)c2cc(S(=O)(=O)[O-])ccc21. The standard InChI is InChI=1S/C35H41N3O10S2/c1-6-36-27-16-14-23(49(42,43)44)21-25(27)34(2,3)29(36)11-10-12-30-35(4,5)26-22-24(50(45,46)47)15-17-28(26)37(30)20-9-7-8-13-33(41)48-38-31(39)18-19-32(38)40/h10-12,14-17,21-22H,6-9,13,18-20H2,1-5H3,(H-,42,43,44,45,46,47)/p-1. The molecular weight excluding hydrogens is 687 g/mol. The zero-order valence-electron chi connectivity index (χ0n) is 28.6. The maximum Gasteiger partial charge on any atom is 0.333 e. The highest BCUT2D eigenvalue weighted by molar-refractivity contribution is 7.86. The maximum absolute atomic E-state index is 12.3. The van der Waals surface area contributed by atoms with Gasteiger partial charge >= 0.3 is 5.97 Å². The average Bonchev–Trinajstić information content (AvgIpc) is 3.54. The first-order valence-corrected chi connectivity index (χ1v) is 19.2. The number of unbranched alkanes of at least 4 members (excludes halogenated alkanes) is 2. The summed E-state index contributed by atoms with van der Waals surface area (Å²) in [5, 5.41) is 0.532. The smallest absolute Gasteiger partial charge is 0.333 e. The van der Waals surface area contributed by atoms with Crippen LogP contribution in [0, 0.1) is 0 Å². The van der Waals surface area contributed by atoms with Crippen molar-refractivity contribution >= 4 is 55.1 Å². The normalized spacial score (nSPS) is 19.2. The number of rotatable bonds is 12. The number of imide groups is 1. The van der Waals surface area contributed by atoms with Gasteiger partial charge in [0.25, 0.3) is 11.8 Å². The van der Waals surface area contributed by atoms with E-state index in [2.05, 4.69) is 9.48 Å². The van der Waals surface area contributed by atoms with Crippen LogP contribution in [0.1, 0.15) is 84.3 Å². The lowest BCUT2D eigenvalue weighted by Gasteiger charge is -2.25. The maximum atomic E-state index is 12.3. The summed E-state index contributed by atoms with van der Waals surface area (Å²) in [6.07, 6.45) is 7.49. The molecule has 0 saturated carbocycles. The minimum Gasteiger partial charge on any atom is -0.744 e. The number of nitrogens with zero attached hydrogens (tertiary/aromatic N) is 3. The fraction of sp³-hybridized carbons (Fsp3) is 0.429. The van der Waals surface area contributed by atoms with E-state index in [1.807, 2.05) is 52.8 Å². The molecule has 15 heteroatoms. The molecule has 2 amide bonds. The molecule has 2 aromatic carbocycles. The Morgan fingerprint density at radius 2 is 1.48 bits per heavy atom. The number of hydrogen-bond acceptors (Lipinski definition) is 11. The Labute approximate surface area is 292 Å². The lowest BCUT2D eigenvalue weighted by atomic mass is 9.81. The van der Waals surface area contributed by atoms with Crippen molar-refractivity contribution in [3.8, 4) is 0 Å². The van der Waals surface area contributed by atoms with Crippen LogP contribution in [-0.2, 0) is 50.3 Å². The van der Waals surface area contributed by atoms with Gasteiger partial charge in [-0.15, -0.1) is 5.06 Å². The zero-order chi connectivity index (χ0) is 36.8. The van der Waals surface area contributed by atoms with Gasteiger partial charge in [0.1, 0.15) is 26.8 Å². The summed E-state index contributed by atoms with van der Waals surface area (Å²) in [5.41, 5.74) is 3.31. The molecule has 0 bridgehead atoms. The molecule has 13 nitrogen and oxygen atoms in total.